The maximum Gasteiger partial charge on any atom is 0.0201 e. The van der Waals surface area contributed by atoms with Gasteiger partial charge in [-0.25, -0.2) is 0 Å². The first kappa shape index (κ1) is 24.9. The fraction of sp³-hybridized carbons (Fsp3) is 0.316. The van der Waals surface area contributed by atoms with Gasteiger partial charge in [-0.1, -0.05) is 104 Å². The van der Waals surface area contributed by atoms with Gasteiger partial charge in [0.05, 0.1) is 0 Å². The molecule has 0 saturated heterocycles. The van der Waals surface area contributed by atoms with Crippen molar-refractivity contribution in [3.63, 3.8) is 0 Å². The van der Waals surface area contributed by atoms with Crippen molar-refractivity contribution in [2.75, 3.05) is 0 Å². The van der Waals surface area contributed by atoms with E-state index in [4.69, 9.17) is 6.58 Å². The van der Waals surface area contributed by atoms with E-state index >= 15 is 0 Å². The number of fused-ring (bicyclic) bond motifs is 3. The molecular formula is C38H40. The van der Waals surface area contributed by atoms with Crippen LogP contribution in [-0.2, 0) is 12.8 Å². The molecular weight excluding hydrogens is 456 g/mol. The highest BCUT2D eigenvalue weighted by molar-refractivity contribution is 5.83. The Hall–Kier alpha value is -3.38. The Morgan fingerprint density at radius 2 is 1.87 bits per heavy atom. The molecule has 3 atom stereocenters. The van der Waals surface area contributed by atoms with Crippen molar-refractivity contribution in [2.45, 2.75) is 70.6 Å². The fourth-order valence-electron chi connectivity index (χ4n) is 7.58. The van der Waals surface area contributed by atoms with Gasteiger partial charge in [0.2, 0.25) is 0 Å². The lowest BCUT2D eigenvalue weighted by molar-refractivity contribution is 0.618. The highest BCUT2D eigenvalue weighted by atomic mass is 14.4. The van der Waals surface area contributed by atoms with Gasteiger partial charge >= 0.3 is 0 Å². The molecule has 1 saturated carbocycles. The zero-order valence-corrected chi connectivity index (χ0v) is 23.2. The van der Waals surface area contributed by atoms with E-state index in [-0.39, 0.29) is 0 Å². The summed E-state index contributed by atoms with van der Waals surface area (Å²) in [4.78, 5) is 0. The first-order valence-corrected chi connectivity index (χ1v) is 14.5. The van der Waals surface area contributed by atoms with Crippen LogP contribution in [0.15, 0.2) is 120 Å². The van der Waals surface area contributed by atoms with Gasteiger partial charge < -0.3 is 0 Å². The molecule has 0 nitrogen and oxygen atoms in total. The molecule has 0 aliphatic heterocycles. The third-order valence-corrected chi connectivity index (χ3v) is 9.27. The standard InChI is InChI=1S/C38H40/c1-6-11-24(3)36-25(4)19-33-23-31(22-32-21-29(12-7-2)34-15-8-9-16-35(32)34)26(5)37(33)38(36)30-18-17-27-13-10-14-28(27)20-30/h7-9,15-22,29,37-38H,2-3,5-6,10-14,23H2,1,4H3. The van der Waals surface area contributed by atoms with Crippen LogP contribution in [0.3, 0.4) is 0 Å². The van der Waals surface area contributed by atoms with E-state index in [0.717, 1.165) is 25.7 Å². The van der Waals surface area contributed by atoms with Gasteiger partial charge in [0.15, 0.2) is 0 Å². The Bertz CT molecular complexity index is 1460. The molecule has 38 heavy (non-hydrogen) atoms. The topological polar surface area (TPSA) is 0 Å². The fourth-order valence-corrected chi connectivity index (χ4v) is 7.58. The van der Waals surface area contributed by atoms with Crippen molar-refractivity contribution >= 4 is 5.57 Å². The summed E-state index contributed by atoms with van der Waals surface area (Å²) in [5.74, 6) is 1.03. The average Bonchev–Trinajstić information content (AvgIpc) is 3.60. The number of rotatable bonds is 7. The molecule has 0 bridgehead atoms. The maximum absolute atomic E-state index is 4.78. The molecule has 0 spiro atoms. The van der Waals surface area contributed by atoms with Crippen LogP contribution in [0.1, 0.15) is 85.6 Å². The zero-order chi connectivity index (χ0) is 26.4. The lowest BCUT2D eigenvalue weighted by atomic mass is 9.69. The van der Waals surface area contributed by atoms with Crippen molar-refractivity contribution in [3.05, 3.63) is 148 Å². The minimum absolute atomic E-state index is 0.303. The van der Waals surface area contributed by atoms with Crippen molar-refractivity contribution in [3.8, 4) is 0 Å². The first-order chi connectivity index (χ1) is 18.5. The van der Waals surface area contributed by atoms with Crippen LogP contribution < -0.4 is 0 Å². The Morgan fingerprint density at radius 3 is 2.68 bits per heavy atom. The molecule has 0 amide bonds. The van der Waals surface area contributed by atoms with Crippen LogP contribution in [0.25, 0.3) is 5.57 Å². The minimum Gasteiger partial charge on any atom is -0.103 e. The average molecular weight is 497 g/mol. The Balaban J connectivity index is 1.42. The van der Waals surface area contributed by atoms with Crippen molar-refractivity contribution in [1.29, 1.82) is 0 Å². The van der Waals surface area contributed by atoms with Crippen molar-refractivity contribution < 1.29 is 0 Å². The summed E-state index contributed by atoms with van der Waals surface area (Å²) >= 11 is 0. The van der Waals surface area contributed by atoms with Crippen LogP contribution in [0.5, 0.6) is 0 Å². The molecule has 6 rings (SSSR count). The number of benzene rings is 2. The van der Waals surface area contributed by atoms with Crippen LogP contribution in [-0.4, -0.2) is 0 Å². The van der Waals surface area contributed by atoms with Crippen molar-refractivity contribution in [2.24, 2.45) is 5.92 Å². The van der Waals surface area contributed by atoms with E-state index in [1.807, 2.05) is 6.08 Å². The Morgan fingerprint density at radius 1 is 1.05 bits per heavy atom. The highest BCUT2D eigenvalue weighted by Crippen LogP contribution is 2.55. The van der Waals surface area contributed by atoms with Crippen LogP contribution in [0.2, 0.25) is 0 Å². The molecule has 0 heterocycles. The van der Waals surface area contributed by atoms with E-state index in [1.54, 1.807) is 11.1 Å². The molecule has 2 aromatic carbocycles. The number of hydrogen-bond acceptors (Lipinski definition) is 0. The predicted molar refractivity (Wildman–Crippen MR) is 163 cm³/mol. The van der Waals surface area contributed by atoms with Gasteiger partial charge in [0.25, 0.3) is 0 Å². The first-order valence-electron chi connectivity index (χ1n) is 14.5. The molecule has 4 aliphatic rings. The molecule has 4 aliphatic carbocycles. The monoisotopic (exact) mass is 496 g/mol. The Labute approximate surface area is 229 Å². The normalized spacial score (nSPS) is 24.7. The lowest BCUT2D eigenvalue weighted by Gasteiger charge is -2.35. The van der Waals surface area contributed by atoms with E-state index < -0.39 is 0 Å². The summed E-state index contributed by atoms with van der Waals surface area (Å²) in [6.45, 7) is 18.0. The van der Waals surface area contributed by atoms with E-state index in [0.29, 0.717) is 17.8 Å². The van der Waals surface area contributed by atoms with E-state index in [1.165, 1.54) is 75.0 Å². The second kappa shape index (κ2) is 10.1. The SMILES string of the molecule is C=CCC1C=C(C=C2CC3=CC(C)=C(C(=C)CCC)C(c4ccc5c(c4)CCC5)C3C2=C)c2ccccc21. The summed E-state index contributed by atoms with van der Waals surface area (Å²) in [6.07, 6.45) is 17.3. The summed E-state index contributed by atoms with van der Waals surface area (Å²) < 4.78 is 0. The molecule has 192 valence electrons. The predicted octanol–water partition coefficient (Wildman–Crippen LogP) is 10.1. The second-order valence-electron chi connectivity index (χ2n) is 11.7. The van der Waals surface area contributed by atoms with Gasteiger partial charge in [-0.2, -0.15) is 0 Å². The summed E-state index contributed by atoms with van der Waals surface area (Å²) in [5, 5.41) is 0. The Kier molecular flexibility index (Phi) is 6.60. The third-order valence-electron chi connectivity index (χ3n) is 9.27. The molecule has 2 aromatic rings. The maximum atomic E-state index is 4.78. The van der Waals surface area contributed by atoms with Crippen LogP contribution in [0, 0.1) is 5.92 Å². The smallest absolute Gasteiger partial charge is 0.0201 e. The largest absolute Gasteiger partial charge is 0.103 e. The van der Waals surface area contributed by atoms with E-state index in [2.05, 4.69) is 87.7 Å². The van der Waals surface area contributed by atoms with E-state index in [9.17, 15) is 0 Å². The zero-order valence-electron chi connectivity index (χ0n) is 23.2. The molecule has 0 radical (unpaired) electrons. The molecule has 0 heteroatoms. The minimum atomic E-state index is 0.303. The van der Waals surface area contributed by atoms with Gasteiger partial charge in [-0.15, -0.1) is 6.58 Å². The summed E-state index contributed by atoms with van der Waals surface area (Å²) in [6, 6.07) is 16.2. The summed E-state index contributed by atoms with van der Waals surface area (Å²) in [7, 11) is 0. The van der Waals surface area contributed by atoms with Gasteiger partial charge in [0.1, 0.15) is 0 Å². The van der Waals surface area contributed by atoms with Crippen molar-refractivity contribution in [1.82, 2.24) is 0 Å². The highest BCUT2D eigenvalue weighted by Gasteiger charge is 2.41. The number of hydrogen-bond donors (Lipinski definition) is 0. The van der Waals surface area contributed by atoms with Crippen LogP contribution >= 0.6 is 0 Å². The number of allylic oxidation sites excluding steroid dienone is 11. The van der Waals surface area contributed by atoms with Gasteiger partial charge in [0, 0.05) is 17.8 Å². The molecule has 0 aromatic heterocycles. The molecule has 0 N–H and O–H groups in total. The van der Waals surface area contributed by atoms with Gasteiger partial charge in [-0.05, 0) is 101 Å². The molecule has 3 unspecified atom stereocenters. The number of aryl methyl sites for hydroxylation is 2. The van der Waals surface area contributed by atoms with Crippen LogP contribution in [0.4, 0.5) is 0 Å². The lowest BCUT2D eigenvalue weighted by Crippen LogP contribution is -2.21. The quantitative estimate of drug-likeness (QED) is 0.334. The second-order valence-corrected chi connectivity index (χ2v) is 11.7. The third kappa shape index (κ3) is 4.15. The van der Waals surface area contributed by atoms with Gasteiger partial charge in [-0.3, -0.25) is 0 Å². The molecule has 1 fully saturated rings. The summed E-state index contributed by atoms with van der Waals surface area (Å²) in [5.41, 5.74) is 17.0.